The Bertz CT molecular complexity index is 491. The summed E-state index contributed by atoms with van der Waals surface area (Å²) in [5.74, 6) is 1.05. The molecule has 4 heteroatoms. The lowest BCUT2D eigenvalue weighted by atomic mass is 9.93. The van der Waals surface area contributed by atoms with E-state index in [2.05, 4.69) is 42.1 Å². The molecule has 0 aromatic heterocycles. The minimum atomic E-state index is 0.00333. The van der Waals surface area contributed by atoms with Crippen molar-refractivity contribution in [3.8, 4) is 5.75 Å². The van der Waals surface area contributed by atoms with Gasteiger partial charge in [-0.3, -0.25) is 0 Å². The van der Waals surface area contributed by atoms with Crippen molar-refractivity contribution in [3.63, 3.8) is 0 Å². The van der Waals surface area contributed by atoms with Crippen molar-refractivity contribution in [2.75, 3.05) is 40.3 Å². The maximum absolute atomic E-state index is 6.67. The Morgan fingerprint density at radius 2 is 2.10 bits per heavy atom. The second-order valence-corrected chi connectivity index (χ2v) is 6.48. The molecule has 2 aliphatic heterocycles. The van der Waals surface area contributed by atoms with Gasteiger partial charge in [0.25, 0.3) is 0 Å². The largest absolute Gasteiger partial charge is 0.493 e. The molecule has 0 amide bonds. The highest BCUT2D eigenvalue weighted by Gasteiger charge is 2.30. The summed E-state index contributed by atoms with van der Waals surface area (Å²) in [7, 11) is 4.38. The van der Waals surface area contributed by atoms with Crippen molar-refractivity contribution in [2.45, 2.75) is 31.3 Å². The zero-order valence-electron chi connectivity index (χ0n) is 13.2. The van der Waals surface area contributed by atoms with Crippen LogP contribution in [-0.2, 0) is 6.42 Å². The molecule has 0 saturated carbocycles. The molecular weight excluding hydrogens is 262 g/mol. The Morgan fingerprint density at radius 3 is 2.95 bits per heavy atom. The van der Waals surface area contributed by atoms with E-state index in [4.69, 9.17) is 10.5 Å². The smallest absolute Gasteiger partial charge is 0.127 e. The lowest BCUT2D eigenvalue weighted by Crippen LogP contribution is -2.45. The molecular formula is C17H27N3O. The first-order valence-electron chi connectivity index (χ1n) is 8.06. The molecule has 1 saturated heterocycles. The third-order valence-corrected chi connectivity index (χ3v) is 4.85. The number of fused-ring (bicyclic) bond motifs is 1. The standard InChI is InChI=1S/C17H27N3O/c1-19-9-5-10-20(2)15(12-19)16(18)14-8-3-6-13-7-4-11-21-17(13)14/h3,6,8,15-16H,4-5,7,9-12,18H2,1-2H3. The van der Waals surface area contributed by atoms with Gasteiger partial charge in [0.05, 0.1) is 12.6 Å². The number of nitrogens with two attached hydrogens (primary N) is 1. The van der Waals surface area contributed by atoms with Gasteiger partial charge in [0.1, 0.15) is 5.75 Å². The predicted molar refractivity (Wildman–Crippen MR) is 85.7 cm³/mol. The average Bonchev–Trinajstić information content (AvgIpc) is 2.67. The minimum absolute atomic E-state index is 0.00333. The molecule has 1 aromatic carbocycles. The van der Waals surface area contributed by atoms with Gasteiger partial charge in [-0.2, -0.15) is 0 Å². The van der Waals surface area contributed by atoms with Crippen LogP contribution in [0.1, 0.15) is 30.0 Å². The maximum atomic E-state index is 6.67. The van der Waals surface area contributed by atoms with E-state index >= 15 is 0 Å². The first kappa shape index (κ1) is 14.8. The van der Waals surface area contributed by atoms with Crippen LogP contribution in [0.5, 0.6) is 5.75 Å². The first-order chi connectivity index (χ1) is 10.2. The lowest BCUT2D eigenvalue weighted by molar-refractivity contribution is 0.192. The number of benzene rings is 1. The first-order valence-corrected chi connectivity index (χ1v) is 8.06. The molecule has 2 heterocycles. The summed E-state index contributed by atoms with van der Waals surface area (Å²) < 4.78 is 5.95. The molecule has 0 bridgehead atoms. The molecule has 2 N–H and O–H groups in total. The molecule has 116 valence electrons. The highest BCUT2D eigenvalue weighted by Crippen LogP contribution is 2.34. The number of nitrogens with zero attached hydrogens (tertiary/aromatic N) is 2. The molecule has 21 heavy (non-hydrogen) atoms. The molecule has 0 radical (unpaired) electrons. The number of hydrogen-bond acceptors (Lipinski definition) is 4. The fraction of sp³-hybridized carbons (Fsp3) is 0.647. The Balaban J connectivity index is 1.88. The zero-order valence-corrected chi connectivity index (χ0v) is 13.2. The molecule has 3 rings (SSSR count). The number of rotatable bonds is 2. The number of para-hydroxylation sites is 1. The Hall–Kier alpha value is -1.10. The van der Waals surface area contributed by atoms with Crippen LogP contribution in [0.15, 0.2) is 18.2 Å². The van der Waals surface area contributed by atoms with Crippen LogP contribution in [-0.4, -0.2) is 56.2 Å². The summed E-state index contributed by atoms with van der Waals surface area (Å²) in [6.07, 6.45) is 3.42. The summed E-state index contributed by atoms with van der Waals surface area (Å²) in [4.78, 5) is 4.81. The molecule has 2 aliphatic rings. The summed E-state index contributed by atoms with van der Waals surface area (Å²) in [6, 6.07) is 6.79. The van der Waals surface area contributed by atoms with E-state index in [0.29, 0.717) is 6.04 Å². The summed E-state index contributed by atoms with van der Waals surface area (Å²) in [5, 5.41) is 0. The van der Waals surface area contributed by atoms with Gasteiger partial charge in [0.15, 0.2) is 0 Å². The number of aryl methyl sites for hydroxylation is 1. The molecule has 2 unspecified atom stereocenters. The minimum Gasteiger partial charge on any atom is -0.493 e. The van der Waals surface area contributed by atoms with Crippen LogP contribution in [0.4, 0.5) is 0 Å². The summed E-state index contributed by atoms with van der Waals surface area (Å²) >= 11 is 0. The van der Waals surface area contributed by atoms with Gasteiger partial charge in [-0.1, -0.05) is 18.2 Å². The van der Waals surface area contributed by atoms with E-state index < -0.39 is 0 Å². The Morgan fingerprint density at radius 1 is 1.24 bits per heavy atom. The highest BCUT2D eigenvalue weighted by atomic mass is 16.5. The van der Waals surface area contributed by atoms with Crippen LogP contribution < -0.4 is 10.5 Å². The SMILES string of the molecule is CN1CCCN(C)C(C(N)c2cccc3c2OCCC3)C1. The van der Waals surface area contributed by atoms with Gasteiger partial charge in [-0.25, -0.2) is 0 Å². The van der Waals surface area contributed by atoms with Gasteiger partial charge in [-0.15, -0.1) is 0 Å². The van der Waals surface area contributed by atoms with Crippen molar-refractivity contribution in [1.82, 2.24) is 9.80 Å². The van der Waals surface area contributed by atoms with Crippen LogP contribution in [0.25, 0.3) is 0 Å². The fourth-order valence-corrected chi connectivity index (χ4v) is 3.58. The molecule has 0 spiro atoms. The number of hydrogen-bond donors (Lipinski definition) is 1. The zero-order chi connectivity index (χ0) is 14.8. The van der Waals surface area contributed by atoms with Crippen molar-refractivity contribution in [1.29, 1.82) is 0 Å². The number of likely N-dealkylation sites (N-methyl/N-ethyl adjacent to an activating group) is 2. The monoisotopic (exact) mass is 289 g/mol. The van der Waals surface area contributed by atoms with Crippen molar-refractivity contribution in [2.24, 2.45) is 5.73 Å². The second kappa shape index (κ2) is 6.34. The van der Waals surface area contributed by atoms with Crippen LogP contribution in [0, 0.1) is 0 Å². The summed E-state index contributed by atoms with van der Waals surface area (Å²) in [6.45, 7) is 4.09. The highest BCUT2D eigenvalue weighted by molar-refractivity contribution is 5.45. The third-order valence-electron chi connectivity index (χ3n) is 4.85. The third kappa shape index (κ3) is 3.07. The van der Waals surface area contributed by atoms with E-state index in [1.54, 1.807) is 0 Å². The van der Waals surface area contributed by atoms with Crippen molar-refractivity contribution < 1.29 is 4.74 Å². The predicted octanol–water partition coefficient (Wildman–Crippen LogP) is 1.65. The van der Waals surface area contributed by atoms with Gasteiger partial charge in [0.2, 0.25) is 0 Å². The van der Waals surface area contributed by atoms with Crippen LogP contribution >= 0.6 is 0 Å². The van der Waals surface area contributed by atoms with Crippen LogP contribution in [0.2, 0.25) is 0 Å². The molecule has 4 nitrogen and oxygen atoms in total. The van der Waals surface area contributed by atoms with Gasteiger partial charge < -0.3 is 20.3 Å². The van der Waals surface area contributed by atoms with E-state index in [9.17, 15) is 0 Å². The van der Waals surface area contributed by atoms with Crippen LogP contribution in [0.3, 0.4) is 0 Å². The normalized spacial score (nSPS) is 25.8. The molecule has 0 aliphatic carbocycles. The maximum Gasteiger partial charge on any atom is 0.127 e. The van der Waals surface area contributed by atoms with E-state index in [0.717, 1.165) is 44.8 Å². The second-order valence-electron chi connectivity index (χ2n) is 6.48. The number of ether oxygens (including phenoxy) is 1. The summed E-state index contributed by atoms with van der Waals surface area (Å²) in [5.41, 5.74) is 9.17. The van der Waals surface area contributed by atoms with Crippen molar-refractivity contribution >= 4 is 0 Å². The Labute approximate surface area is 127 Å². The molecule has 1 aromatic rings. The van der Waals surface area contributed by atoms with Crippen molar-refractivity contribution in [3.05, 3.63) is 29.3 Å². The van der Waals surface area contributed by atoms with E-state index in [1.165, 1.54) is 17.5 Å². The van der Waals surface area contributed by atoms with Gasteiger partial charge >= 0.3 is 0 Å². The fourth-order valence-electron chi connectivity index (χ4n) is 3.58. The van der Waals surface area contributed by atoms with E-state index in [-0.39, 0.29) is 6.04 Å². The van der Waals surface area contributed by atoms with Gasteiger partial charge in [0, 0.05) is 18.2 Å². The lowest BCUT2D eigenvalue weighted by Gasteiger charge is -2.34. The topological polar surface area (TPSA) is 41.7 Å². The quantitative estimate of drug-likeness (QED) is 0.899. The molecule has 2 atom stereocenters. The molecule has 1 fully saturated rings. The van der Waals surface area contributed by atoms with E-state index in [1.807, 2.05) is 0 Å². The average molecular weight is 289 g/mol. The van der Waals surface area contributed by atoms with Gasteiger partial charge in [-0.05, 0) is 52.0 Å². The Kier molecular flexibility index (Phi) is 4.48.